The second kappa shape index (κ2) is 16.2. The molecule has 0 radical (unpaired) electrons. The third kappa shape index (κ3) is 9.40. The molecule has 6 rings (SSSR count). The van der Waals surface area contributed by atoms with E-state index in [-0.39, 0.29) is 39.9 Å². The van der Waals surface area contributed by atoms with Crippen LogP contribution in [0.5, 0.6) is 0 Å². The number of oxime groups is 1. The number of nitrogens with zero attached hydrogens (tertiary/aromatic N) is 3. The molecule has 18 heteroatoms. The SMILES string of the molecule is CC(C)(C)OC(=O)Nc1nc(C(=NOC2CCCC2)C(=O)N[C@@H]2C(=O)N3C(C(=O)OC(c4ccccc4)c4ccccc4)=C(OS(C)(=O)=O)CS[C@@H]23)cs1. The molecule has 286 valence electrons. The first-order chi connectivity index (χ1) is 25.7. The van der Waals surface area contributed by atoms with Gasteiger partial charge in [0.1, 0.15) is 28.8 Å². The number of thiazole rings is 1. The number of hydrogen-bond acceptors (Lipinski definition) is 14. The van der Waals surface area contributed by atoms with E-state index < -0.39 is 57.1 Å². The fourth-order valence-electron chi connectivity index (χ4n) is 5.94. The van der Waals surface area contributed by atoms with Crippen molar-refractivity contribution in [3.63, 3.8) is 0 Å². The third-order valence-electron chi connectivity index (χ3n) is 8.26. The smallest absolute Gasteiger partial charge is 0.413 e. The second-order valence-electron chi connectivity index (χ2n) is 13.6. The Bertz CT molecular complexity index is 2020. The minimum atomic E-state index is -4.12. The quantitative estimate of drug-likeness (QED) is 0.0814. The monoisotopic (exact) mass is 797 g/mol. The predicted octanol–water partition coefficient (Wildman–Crippen LogP) is 5.07. The van der Waals surface area contributed by atoms with E-state index in [4.69, 9.17) is 18.5 Å². The molecule has 1 saturated heterocycles. The van der Waals surface area contributed by atoms with Crippen LogP contribution in [-0.2, 0) is 43.0 Å². The first-order valence-corrected chi connectivity index (χ1v) is 20.8. The molecular weight excluding hydrogens is 759 g/mol. The van der Waals surface area contributed by atoms with Gasteiger partial charge >= 0.3 is 22.2 Å². The molecule has 1 aliphatic carbocycles. The Hall–Kier alpha value is -4.94. The van der Waals surface area contributed by atoms with Gasteiger partial charge in [-0.1, -0.05) is 65.8 Å². The van der Waals surface area contributed by atoms with Gasteiger partial charge in [0, 0.05) is 5.38 Å². The van der Waals surface area contributed by atoms with Gasteiger partial charge in [-0.25, -0.2) is 14.6 Å². The molecule has 2 fully saturated rings. The van der Waals surface area contributed by atoms with Crippen molar-refractivity contribution < 1.29 is 46.1 Å². The average molecular weight is 798 g/mol. The number of anilines is 1. The van der Waals surface area contributed by atoms with E-state index in [1.54, 1.807) is 69.3 Å². The number of aromatic nitrogens is 1. The van der Waals surface area contributed by atoms with Crippen LogP contribution in [-0.4, -0.2) is 83.0 Å². The van der Waals surface area contributed by atoms with E-state index >= 15 is 0 Å². The number of ether oxygens (including phenoxy) is 2. The number of hydrogen-bond donors (Lipinski definition) is 2. The van der Waals surface area contributed by atoms with Crippen molar-refractivity contribution in [2.24, 2.45) is 5.16 Å². The summed E-state index contributed by atoms with van der Waals surface area (Å²) in [4.78, 5) is 65.3. The molecule has 0 spiro atoms. The van der Waals surface area contributed by atoms with Crippen LogP contribution in [0.15, 0.2) is 82.7 Å². The van der Waals surface area contributed by atoms with Gasteiger partial charge in [-0.2, -0.15) is 8.42 Å². The zero-order valence-electron chi connectivity index (χ0n) is 29.8. The Kier molecular flexibility index (Phi) is 11.6. The Morgan fingerprint density at radius 1 is 1.00 bits per heavy atom. The molecule has 2 atom stereocenters. The summed E-state index contributed by atoms with van der Waals surface area (Å²) in [7, 11) is -4.12. The summed E-state index contributed by atoms with van der Waals surface area (Å²) in [6.07, 6.45) is 2.41. The van der Waals surface area contributed by atoms with Crippen LogP contribution < -0.4 is 10.6 Å². The first kappa shape index (κ1) is 38.8. The number of β-lactam (4-membered cyclic amide) rings is 1. The van der Waals surface area contributed by atoms with Crippen LogP contribution in [0.3, 0.4) is 0 Å². The highest BCUT2D eigenvalue weighted by atomic mass is 32.2. The number of amides is 3. The molecule has 3 heterocycles. The molecule has 2 aromatic carbocycles. The lowest BCUT2D eigenvalue weighted by Crippen LogP contribution is -2.71. The molecule has 3 aliphatic rings. The molecule has 3 amide bonds. The van der Waals surface area contributed by atoms with E-state index in [0.29, 0.717) is 11.1 Å². The molecule has 2 aliphatic heterocycles. The highest BCUT2D eigenvalue weighted by molar-refractivity contribution is 8.00. The van der Waals surface area contributed by atoms with Crippen molar-refractivity contribution >= 4 is 67.9 Å². The maximum atomic E-state index is 14.0. The zero-order valence-corrected chi connectivity index (χ0v) is 32.3. The highest BCUT2D eigenvalue weighted by Gasteiger charge is 2.56. The van der Waals surface area contributed by atoms with Gasteiger partial charge in [-0.3, -0.25) is 19.8 Å². The Balaban J connectivity index is 1.24. The number of benzene rings is 2. The summed E-state index contributed by atoms with van der Waals surface area (Å²) in [6, 6.07) is 16.7. The van der Waals surface area contributed by atoms with Gasteiger partial charge in [0.2, 0.25) is 0 Å². The minimum absolute atomic E-state index is 0.0855. The fraction of sp³-hybridized carbons (Fsp3) is 0.389. The molecule has 54 heavy (non-hydrogen) atoms. The van der Waals surface area contributed by atoms with E-state index in [2.05, 4.69) is 20.8 Å². The van der Waals surface area contributed by atoms with Crippen molar-refractivity contribution in [3.8, 4) is 0 Å². The van der Waals surface area contributed by atoms with E-state index in [0.717, 1.165) is 59.9 Å². The third-order valence-corrected chi connectivity index (χ3v) is 10.8. The molecule has 1 saturated carbocycles. The van der Waals surface area contributed by atoms with Crippen LogP contribution >= 0.6 is 23.1 Å². The fourth-order valence-corrected chi connectivity index (χ4v) is 8.45. The van der Waals surface area contributed by atoms with Crippen molar-refractivity contribution in [2.45, 2.75) is 75.7 Å². The lowest BCUT2D eigenvalue weighted by Gasteiger charge is -2.49. The Labute approximate surface area is 320 Å². The van der Waals surface area contributed by atoms with Crippen LogP contribution in [0.1, 0.15) is 69.4 Å². The van der Waals surface area contributed by atoms with Crippen molar-refractivity contribution in [3.05, 3.63) is 94.3 Å². The molecule has 2 N–H and O–H groups in total. The standard InChI is InChI=1S/C36H39N5O10S3/c1-36(2,3)49-35(45)39-34-37-24(19-53-34)26(40-50-23-17-11-12-18-23)30(42)38-27-31(43)41-28(25(20-52-32(27)41)51-54(4,46)47)33(44)48-29(21-13-7-5-8-14-21)22-15-9-6-10-16-22/h5-10,13-16,19,23,27,29,32H,11-12,17-18,20H2,1-4H3,(H,38,42)(H,37,39,45)/t27-,32+/m1/s1. The predicted molar refractivity (Wildman–Crippen MR) is 201 cm³/mol. The lowest BCUT2D eigenvalue weighted by atomic mass is 10.0. The summed E-state index contributed by atoms with van der Waals surface area (Å²) in [5.41, 5.74) is 0.00881. The van der Waals surface area contributed by atoms with Gasteiger partial charge in [0.15, 0.2) is 28.4 Å². The maximum absolute atomic E-state index is 14.0. The molecule has 0 unspecified atom stereocenters. The van der Waals surface area contributed by atoms with Gasteiger partial charge < -0.3 is 23.8 Å². The van der Waals surface area contributed by atoms with Crippen LogP contribution in [0.4, 0.5) is 9.93 Å². The summed E-state index contributed by atoms with van der Waals surface area (Å²) in [5.74, 6) is -2.90. The van der Waals surface area contributed by atoms with Crippen molar-refractivity contribution in [2.75, 3.05) is 17.3 Å². The molecular formula is C36H39N5O10S3. The number of thioether (sulfide) groups is 1. The number of fused-ring (bicyclic) bond motifs is 1. The van der Waals surface area contributed by atoms with Crippen molar-refractivity contribution in [1.29, 1.82) is 0 Å². The van der Waals surface area contributed by atoms with Crippen LogP contribution in [0.25, 0.3) is 0 Å². The molecule has 3 aromatic rings. The van der Waals surface area contributed by atoms with Gasteiger partial charge in [-0.15, -0.1) is 23.1 Å². The number of carbonyl (C=O) groups is 4. The summed E-state index contributed by atoms with van der Waals surface area (Å²) >= 11 is 2.13. The highest BCUT2D eigenvalue weighted by Crippen LogP contribution is 2.42. The summed E-state index contributed by atoms with van der Waals surface area (Å²) in [5, 5.41) is 10.2. The van der Waals surface area contributed by atoms with E-state index in [9.17, 15) is 27.6 Å². The topological polar surface area (TPSA) is 192 Å². The lowest BCUT2D eigenvalue weighted by molar-refractivity contribution is -0.154. The molecule has 0 bridgehead atoms. The number of nitrogens with one attached hydrogen (secondary N) is 2. The number of esters is 1. The first-order valence-electron chi connectivity index (χ1n) is 17.1. The molecule has 15 nitrogen and oxygen atoms in total. The Morgan fingerprint density at radius 2 is 1.63 bits per heavy atom. The average Bonchev–Trinajstić information content (AvgIpc) is 3.81. The minimum Gasteiger partial charge on any atom is -0.448 e. The summed E-state index contributed by atoms with van der Waals surface area (Å²) in [6.45, 7) is 5.16. The Morgan fingerprint density at radius 3 is 2.22 bits per heavy atom. The van der Waals surface area contributed by atoms with Crippen LogP contribution in [0.2, 0.25) is 0 Å². The van der Waals surface area contributed by atoms with Crippen LogP contribution in [0, 0.1) is 0 Å². The second-order valence-corrected chi connectivity index (χ2v) is 17.2. The number of rotatable bonds is 12. The van der Waals surface area contributed by atoms with E-state index in [1.807, 2.05) is 12.1 Å². The zero-order chi connectivity index (χ0) is 38.6. The normalized spacial score (nSPS) is 19.2. The van der Waals surface area contributed by atoms with Crippen molar-refractivity contribution in [1.82, 2.24) is 15.2 Å². The summed E-state index contributed by atoms with van der Waals surface area (Å²) < 4.78 is 41.1. The van der Waals surface area contributed by atoms with Gasteiger partial charge in [0.25, 0.3) is 11.8 Å². The van der Waals surface area contributed by atoms with E-state index in [1.165, 1.54) is 5.38 Å². The molecule has 1 aromatic heterocycles. The van der Waals surface area contributed by atoms with Gasteiger partial charge in [-0.05, 0) is 57.6 Å². The number of carbonyl (C=O) groups excluding carboxylic acids is 4. The maximum Gasteiger partial charge on any atom is 0.413 e. The largest absolute Gasteiger partial charge is 0.448 e. The van der Waals surface area contributed by atoms with Gasteiger partial charge in [0.05, 0.1) is 12.0 Å².